The third kappa shape index (κ3) is 3.91. The Labute approximate surface area is 96.8 Å². The van der Waals surface area contributed by atoms with Gasteiger partial charge in [-0.05, 0) is 12.1 Å². The molecular formula is C11H9FN2O3. The Kier molecular flexibility index (Phi) is 4.17. The molecule has 0 bridgehead atoms. The quantitative estimate of drug-likeness (QED) is 0.476. The average molecular weight is 236 g/mol. The highest BCUT2D eigenvalue weighted by Gasteiger charge is 2.13. The van der Waals surface area contributed by atoms with E-state index in [0.29, 0.717) is 5.56 Å². The van der Waals surface area contributed by atoms with Crippen LogP contribution in [0.5, 0.6) is 0 Å². The lowest BCUT2D eigenvalue weighted by atomic mass is 10.2. The normalized spacial score (nSPS) is 9.06. The molecule has 0 heterocycles. The second kappa shape index (κ2) is 5.61. The Morgan fingerprint density at radius 1 is 1.59 bits per heavy atom. The fourth-order valence-electron chi connectivity index (χ4n) is 1.05. The molecule has 0 radical (unpaired) electrons. The molecule has 17 heavy (non-hydrogen) atoms. The molecule has 0 atom stereocenters. The van der Waals surface area contributed by atoms with Gasteiger partial charge in [-0.2, -0.15) is 4.39 Å². The summed E-state index contributed by atoms with van der Waals surface area (Å²) in [5, 5.41) is 12.9. The number of nitrogens with zero attached hydrogens (tertiary/aromatic N) is 1. The van der Waals surface area contributed by atoms with Crippen molar-refractivity contribution in [1.29, 1.82) is 0 Å². The molecule has 88 valence electrons. The van der Waals surface area contributed by atoms with Gasteiger partial charge in [-0.3, -0.25) is 14.9 Å². The Bertz CT molecular complexity index is 517. The van der Waals surface area contributed by atoms with Crippen LogP contribution in [0.2, 0.25) is 0 Å². The predicted molar refractivity (Wildman–Crippen MR) is 58.6 cm³/mol. The van der Waals surface area contributed by atoms with Crippen molar-refractivity contribution in [3.05, 3.63) is 39.7 Å². The second-order valence-electron chi connectivity index (χ2n) is 3.13. The molecule has 0 aliphatic heterocycles. The molecule has 0 aliphatic carbocycles. The first-order chi connectivity index (χ1) is 8.00. The number of hydrogen-bond acceptors (Lipinski definition) is 3. The zero-order valence-corrected chi connectivity index (χ0v) is 8.99. The third-order valence-corrected chi connectivity index (χ3v) is 1.80. The van der Waals surface area contributed by atoms with Crippen LogP contribution in [0.3, 0.4) is 0 Å². The third-order valence-electron chi connectivity index (χ3n) is 1.80. The Morgan fingerprint density at radius 3 is 2.88 bits per heavy atom. The summed E-state index contributed by atoms with van der Waals surface area (Å²) in [4.78, 5) is 20.2. The van der Waals surface area contributed by atoms with E-state index in [1.54, 1.807) is 0 Å². The van der Waals surface area contributed by atoms with Gasteiger partial charge >= 0.3 is 5.69 Å². The number of halogens is 1. The van der Waals surface area contributed by atoms with Gasteiger partial charge in [0.15, 0.2) is 0 Å². The van der Waals surface area contributed by atoms with Crippen molar-refractivity contribution in [2.24, 2.45) is 0 Å². The largest absolute Gasteiger partial charge is 0.345 e. The average Bonchev–Trinajstić information content (AvgIpc) is 2.25. The molecule has 1 aromatic carbocycles. The molecular weight excluding hydrogens is 227 g/mol. The summed E-state index contributed by atoms with van der Waals surface area (Å²) < 4.78 is 13.0. The lowest BCUT2D eigenvalue weighted by Crippen LogP contribution is -2.19. The molecule has 0 fully saturated rings. The van der Waals surface area contributed by atoms with Crippen molar-refractivity contribution in [3.8, 4) is 11.8 Å². The molecule has 0 aliphatic rings. The van der Waals surface area contributed by atoms with Gasteiger partial charge in [-0.15, -0.1) is 0 Å². The molecule has 1 N–H and O–H groups in total. The maximum atomic E-state index is 13.0. The van der Waals surface area contributed by atoms with E-state index < -0.39 is 16.4 Å². The Hall–Kier alpha value is -2.42. The predicted octanol–water partition coefficient (Wildman–Crippen LogP) is 1.22. The number of nitro groups is 1. The van der Waals surface area contributed by atoms with Crippen LogP contribution in [-0.4, -0.2) is 17.4 Å². The summed E-state index contributed by atoms with van der Waals surface area (Å²) >= 11 is 0. The monoisotopic (exact) mass is 236 g/mol. The SMILES string of the molecule is CC(=O)NCC#Cc1ccc(F)c([N+](=O)[O-])c1. The van der Waals surface area contributed by atoms with Gasteiger partial charge in [0.25, 0.3) is 0 Å². The van der Waals surface area contributed by atoms with Crippen LogP contribution in [0, 0.1) is 27.8 Å². The number of nitro benzene ring substituents is 1. The molecule has 1 amide bonds. The standard InChI is InChI=1S/C11H9FN2O3/c1-8(15)13-6-2-3-9-4-5-10(12)11(7-9)14(16)17/h4-5,7H,6H2,1H3,(H,13,15). The number of amides is 1. The number of nitrogens with one attached hydrogen (secondary N) is 1. The van der Waals surface area contributed by atoms with Crippen molar-refractivity contribution >= 4 is 11.6 Å². The fraction of sp³-hybridized carbons (Fsp3) is 0.182. The van der Waals surface area contributed by atoms with Crippen LogP contribution in [0.4, 0.5) is 10.1 Å². The van der Waals surface area contributed by atoms with Crippen LogP contribution in [0.15, 0.2) is 18.2 Å². The van der Waals surface area contributed by atoms with E-state index in [1.807, 2.05) is 0 Å². The lowest BCUT2D eigenvalue weighted by molar-refractivity contribution is -0.387. The van der Waals surface area contributed by atoms with Crippen molar-refractivity contribution in [2.45, 2.75) is 6.92 Å². The van der Waals surface area contributed by atoms with Crippen molar-refractivity contribution in [2.75, 3.05) is 6.54 Å². The molecule has 1 rings (SSSR count). The summed E-state index contributed by atoms with van der Waals surface area (Å²) in [7, 11) is 0. The molecule has 6 heteroatoms. The van der Waals surface area contributed by atoms with E-state index in [2.05, 4.69) is 17.2 Å². The highest BCUT2D eigenvalue weighted by Crippen LogP contribution is 2.17. The van der Waals surface area contributed by atoms with Crippen molar-refractivity contribution < 1.29 is 14.1 Å². The van der Waals surface area contributed by atoms with Gasteiger partial charge in [0.05, 0.1) is 11.5 Å². The maximum Gasteiger partial charge on any atom is 0.306 e. The van der Waals surface area contributed by atoms with E-state index in [-0.39, 0.29) is 12.5 Å². The summed E-state index contributed by atoms with van der Waals surface area (Å²) in [5.74, 6) is 4.06. The number of hydrogen-bond donors (Lipinski definition) is 1. The van der Waals surface area contributed by atoms with Crippen LogP contribution >= 0.6 is 0 Å². The van der Waals surface area contributed by atoms with Crippen LogP contribution in [-0.2, 0) is 4.79 Å². The van der Waals surface area contributed by atoms with Crippen LogP contribution in [0.25, 0.3) is 0 Å². The van der Waals surface area contributed by atoms with Crippen LogP contribution in [0.1, 0.15) is 12.5 Å². The van der Waals surface area contributed by atoms with Gasteiger partial charge in [0, 0.05) is 18.6 Å². The first-order valence-electron chi connectivity index (χ1n) is 4.68. The zero-order valence-electron chi connectivity index (χ0n) is 8.99. The molecule has 0 spiro atoms. The maximum absolute atomic E-state index is 13.0. The number of rotatable bonds is 2. The molecule has 0 aromatic heterocycles. The number of benzene rings is 1. The number of carbonyl (C=O) groups excluding carboxylic acids is 1. The van der Waals surface area contributed by atoms with Gasteiger partial charge in [0.1, 0.15) is 0 Å². The lowest BCUT2D eigenvalue weighted by Gasteiger charge is -1.95. The van der Waals surface area contributed by atoms with Gasteiger partial charge in [0.2, 0.25) is 11.7 Å². The Morgan fingerprint density at radius 2 is 2.29 bits per heavy atom. The minimum atomic E-state index is -0.901. The van der Waals surface area contributed by atoms with Crippen molar-refractivity contribution in [3.63, 3.8) is 0 Å². The van der Waals surface area contributed by atoms with Crippen LogP contribution < -0.4 is 5.32 Å². The summed E-state index contributed by atoms with van der Waals surface area (Å²) in [5.41, 5.74) is -0.292. The van der Waals surface area contributed by atoms with E-state index in [9.17, 15) is 19.3 Å². The first kappa shape index (κ1) is 12.6. The highest BCUT2D eigenvalue weighted by molar-refractivity contribution is 5.73. The molecule has 0 unspecified atom stereocenters. The van der Waals surface area contributed by atoms with Gasteiger partial charge in [-0.25, -0.2) is 0 Å². The van der Waals surface area contributed by atoms with E-state index >= 15 is 0 Å². The topological polar surface area (TPSA) is 72.2 Å². The van der Waals surface area contributed by atoms with Gasteiger partial charge in [-0.1, -0.05) is 11.8 Å². The number of carbonyl (C=O) groups is 1. The summed E-state index contributed by atoms with van der Waals surface area (Å²) in [6.07, 6.45) is 0. The fourth-order valence-corrected chi connectivity index (χ4v) is 1.05. The van der Waals surface area contributed by atoms with E-state index in [0.717, 1.165) is 12.1 Å². The summed E-state index contributed by atoms with van der Waals surface area (Å²) in [6.45, 7) is 1.49. The first-order valence-corrected chi connectivity index (χ1v) is 4.68. The molecule has 0 saturated carbocycles. The van der Waals surface area contributed by atoms with Gasteiger partial charge < -0.3 is 5.32 Å². The smallest absolute Gasteiger partial charge is 0.306 e. The molecule has 0 saturated heterocycles. The van der Waals surface area contributed by atoms with E-state index in [4.69, 9.17) is 0 Å². The molecule has 5 nitrogen and oxygen atoms in total. The van der Waals surface area contributed by atoms with Crippen molar-refractivity contribution in [1.82, 2.24) is 5.32 Å². The zero-order chi connectivity index (χ0) is 12.8. The Balaban J connectivity index is 2.82. The highest BCUT2D eigenvalue weighted by atomic mass is 19.1. The molecule has 1 aromatic rings. The second-order valence-corrected chi connectivity index (χ2v) is 3.13. The minimum Gasteiger partial charge on any atom is -0.345 e. The summed E-state index contributed by atoms with van der Waals surface area (Å²) in [6, 6.07) is 3.37. The van der Waals surface area contributed by atoms with E-state index in [1.165, 1.54) is 13.0 Å². The minimum absolute atomic E-state index is 0.139.